The minimum Gasteiger partial charge on any atom is -0.469 e. The highest BCUT2D eigenvalue weighted by Crippen LogP contribution is 2.43. The maximum absolute atomic E-state index is 12.7. The molecule has 0 N–H and O–H groups in total. The molecule has 2 unspecified atom stereocenters. The SMILES string of the molecule is COC(=O)Cc1cc(=O)n2c(c1C(=O)OC)C1Cc3ccccc3CC1C2. The zero-order valence-electron chi connectivity index (χ0n) is 15.4. The quantitative estimate of drug-likeness (QED) is 0.774. The Morgan fingerprint density at radius 1 is 1.11 bits per heavy atom. The van der Waals surface area contributed by atoms with E-state index in [1.165, 1.54) is 31.4 Å². The molecule has 1 aliphatic heterocycles. The number of nitrogens with zero attached hydrogens (tertiary/aromatic N) is 1. The topological polar surface area (TPSA) is 74.6 Å². The Bertz CT molecular complexity index is 991. The van der Waals surface area contributed by atoms with E-state index in [1.54, 1.807) is 4.57 Å². The van der Waals surface area contributed by atoms with Gasteiger partial charge < -0.3 is 14.0 Å². The number of ether oxygens (including phenoxy) is 2. The van der Waals surface area contributed by atoms with Crippen molar-refractivity contribution in [2.24, 2.45) is 5.92 Å². The zero-order chi connectivity index (χ0) is 19.1. The van der Waals surface area contributed by atoms with Gasteiger partial charge in [0.1, 0.15) is 0 Å². The summed E-state index contributed by atoms with van der Waals surface area (Å²) in [5.74, 6) is -0.700. The number of pyridine rings is 1. The van der Waals surface area contributed by atoms with Crippen molar-refractivity contribution in [3.05, 3.63) is 68.6 Å². The van der Waals surface area contributed by atoms with Gasteiger partial charge in [0.2, 0.25) is 0 Å². The Labute approximate surface area is 156 Å². The number of benzene rings is 1. The van der Waals surface area contributed by atoms with Crippen LogP contribution in [0, 0.1) is 5.92 Å². The number of esters is 2. The fraction of sp³-hybridized carbons (Fsp3) is 0.381. The average molecular weight is 367 g/mol. The molecule has 4 rings (SSSR count). The lowest BCUT2D eigenvalue weighted by atomic mass is 9.75. The van der Waals surface area contributed by atoms with Crippen molar-refractivity contribution in [2.75, 3.05) is 14.2 Å². The molecule has 27 heavy (non-hydrogen) atoms. The van der Waals surface area contributed by atoms with Crippen LogP contribution in [0.25, 0.3) is 0 Å². The van der Waals surface area contributed by atoms with Crippen LogP contribution in [0.15, 0.2) is 35.1 Å². The molecular formula is C21H21NO5. The molecule has 0 fully saturated rings. The van der Waals surface area contributed by atoms with Crippen molar-refractivity contribution in [2.45, 2.75) is 31.7 Å². The highest BCUT2D eigenvalue weighted by atomic mass is 16.5. The first kappa shape index (κ1) is 17.5. The molecule has 0 saturated carbocycles. The highest BCUT2D eigenvalue weighted by molar-refractivity contribution is 5.94. The predicted molar refractivity (Wildman–Crippen MR) is 97.8 cm³/mol. The Hall–Kier alpha value is -2.89. The van der Waals surface area contributed by atoms with E-state index in [1.807, 2.05) is 12.1 Å². The Kier molecular flexibility index (Phi) is 4.34. The van der Waals surface area contributed by atoms with Crippen LogP contribution in [-0.2, 0) is 40.1 Å². The Balaban J connectivity index is 1.87. The average Bonchev–Trinajstić information content (AvgIpc) is 3.04. The molecule has 6 heteroatoms. The first-order valence-corrected chi connectivity index (χ1v) is 9.02. The molecule has 0 bridgehead atoms. The van der Waals surface area contributed by atoms with Gasteiger partial charge in [-0.1, -0.05) is 24.3 Å². The maximum atomic E-state index is 12.7. The Morgan fingerprint density at radius 3 is 2.48 bits per heavy atom. The molecule has 6 nitrogen and oxygen atoms in total. The van der Waals surface area contributed by atoms with Crippen LogP contribution in [0.1, 0.15) is 38.7 Å². The van der Waals surface area contributed by atoms with Crippen LogP contribution < -0.4 is 5.56 Å². The summed E-state index contributed by atoms with van der Waals surface area (Å²) in [5.41, 5.74) is 3.78. The summed E-state index contributed by atoms with van der Waals surface area (Å²) in [4.78, 5) is 37.2. The van der Waals surface area contributed by atoms with Gasteiger partial charge in [-0.15, -0.1) is 0 Å². The highest BCUT2D eigenvalue weighted by Gasteiger charge is 2.41. The maximum Gasteiger partial charge on any atom is 0.339 e. The second-order valence-electron chi connectivity index (χ2n) is 7.17. The second kappa shape index (κ2) is 6.68. The number of aromatic nitrogens is 1. The smallest absolute Gasteiger partial charge is 0.339 e. The number of hydrogen-bond acceptors (Lipinski definition) is 5. The molecule has 140 valence electrons. The molecule has 0 amide bonds. The van der Waals surface area contributed by atoms with Gasteiger partial charge in [0.05, 0.1) is 26.2 Å². The van der Waals surface area contributed by atoms with Crippen molar-refractivity contribution < 1.29 is 19.1 Å². The lowest BCUT2D eigenvalue weighted by Crippen LogP contribution is -2.26. The van der Waals surface area contributed by atoms with Crippen LogP contribution >= 0.6 is 0 Å². The lowest BCUT2D eigenvalue weighted by molar-refractivity contribution is -0.139. The molecule has 1 aromatic carbocycles. The molecule has 0 spiro atoms. The molecule has 2 heterocycles. The minimum absolute atomic E-state index is 0.0549. The third-order valence-electron chi connectivity index (χ3n) is 5.76. The summed E-state index contributed by atoms with van der Waals surface area (Å²) in [6.45, 7) is 0.579. The van der Waals surface area contributed by atoms with E-state index in [-0.39, 0.29) is 23.8 Å². The number of carbonyl (C=O) groups excluding carboxylic acids is 2. The molecule has 0 radical (unpaired) electrons. The fourth-order valence-corrected chi connectivity index (χ4v) is 4.53. The number of rotatable bonds is 3. The molecule has 2 aliphatic rings. The van der Waals surface area contributed by atoms with Gasteiger partial charge in [-0.25, -0.2) is 4.79 Å². The molecule has 1 aliphatic carbocycles. The first-order valence-electron chi connectivity index (χ1n) is 9.02. The predicted octanol–water partition coefficient (Wildman–Crippen LogP) is 1.86. The van der Waals surface area contributed by atoms with Gasteiger partial charge in [0.15, 0.2) is 0 Å². The van der Waals surface area contributed by atoms with Crippen LogP contribution in [-0.4, -0.2) is 30.7 Å². The summed E-state index contributed by atoms with van der Waals surface area (Å²) in [7, 11) is 2.60. The van der Waals surface area contributed by atoms with Crippen LogP contribution in [0.3, 0.4) is 0 Å². The van der Waals surface area contributed by atoms with Crippen molar-refractivity contribution >= 4 is 11.9 Å². The fourth-order valence-electron chi connectivity index (χ4n) is 4.53. The molecule has 2 atom stereocenters. The summed E-state index contributed by atoms with van der Waals surface area (Å²) in [6.07, 6.45) is 1.51. The van der Waals surface area contributed by atoms with E-state index < -0.39 is 11.9 Å². The normalized spacial score (nSPS) is 19.6. The van der Waals surface area contributed by atoms with Crippen molar-refractivity contribution in [1.82, 2.24) is 4.57 Å². The van der Waals surface area contributed by atoms with Gasteiger partial charge in [-0.3, -0.25) is 9.59 Å². The van der Waals surface area contributed by atoms with E-state index in [0.717, 1.165) is 12.8 Å². The number of methoxy groups -OCH3 is 2. The molecule has 2 aromatic rings. The molecular weight excluding hydrogens is 346 g/mol. The minimum atomic E-state index is -0.517. The van der Waals surface area contributed by atoms with E-state index in [4.69, 9.17) is 9.47 Å². The largest absolute Gasteiger partial charge is 0.469 e. The summed E-state index contributed by atoms with van der Waals surface area (Å²) in [5, 5.41) is 0. The van der Waals surface area contributed by atoms with Gasteiger partial charge in [-0.05, 0) is 35.4 Å². The van der Waals surface area contributed by atoms with E-state index in [9.17, 15) is 14.4 Å². The van der Waals surface area contributed by atoms with E-state index in [0.29, 0.717) is 23.4 Å². The third-order valence-corrected chi connectivity index (χ3v) is 5.76. The van der Waals surface area contributed by atoms with Crippen molar-refractivity contribution in [1.29, 1.82) is 0 Å². The second-order valence-corrected chi connectivity index (χ2v) is 7.17. The van der Waals surface area contributed by atoms with Gasteiger partial charge >= 0.3 is 11.9 Å². The van der Waals surface area contributed by atoms with Crippen LogP contribution in [0.2, 0.25) is 0 Å². The van der Waals surface area contributed by atoms with Crippen LogP contribution in [0.4, 0.5) is 0 Å². The van der Waals surface area contributed by atoms with E-state index >= 15 is 0 Å². The van der Waals surface area contributed by atoms with Gasteiger partial charge in [0.25, 0.3) is 5.56 Å². The summed E-state index contributed by atoms with van der Waals surface area (Å²) < 4.78 is 11.4. The summed E-state index contributed by atoms with van der Waals surface area (Å²) >= 11 is 0. The van der Waals surface area contributed by atoms with Crippen LogP contribution in [0.5, 0.6) is 0 Å². The van der Waals surface area contributed by atoms with E-state index in [2.05, 4.69) is 12.1 Å². The first-order chi connectivity index (χ1) is 13.0. The standard InChI is InChI=1S/C21H21NO5/c1-26-18(24)10-14-9-17(23)22-11-15-7-12-5-3-4-6-13(12)8-16(15)20(22)19(14)21(25)27-2/h3-6,9,15-16H,7-8,10-11H2,1-2H3. The zero-order valence-corrected chi connectivity index (χ0v) is 15.4. The molecule has 1 aromatic heterocycles. The number of carbonyl (C=O) groups is 2. The molecule has 0 saturated heterocycles. The third kappa shape index (κ3) is 2.85. The van der Waals surface area contributed by atoms with Crippen molar-refractivity contribution in [3.63, 3.8) is 0 Å². The monoisotopic (exact) mass is 367 g/mol. The van der Waals surface area contributed by atoms with Gasteiger partial charge in [0, 0.05) is 24.2 Å². The van der Waals surface area contributed by atoms with Crippen molar-refractivity contribution in [3.8, 4) is 0 Å². The van der Waals surface area contributed by atoms with Gasteiger partial charge in [-0.2, -0.15) is 0 Å². The Morgan fingerprint density at radius 2 is 1.81 bits per heavy atom. The number of fused-ring (bicyclic) bond motifs is 4. The summed E-state index contributed by atoms with van der Waals surface area (Å²) in [6, 6.07) is 9.64. The lowest BCUT2D eigenvalue weighted by Gasteiger charge is -2.28. The number of hydrogen-bond donors (Lipinski definition) is 0.